The summed E-state index contributed by atoms with van der Waals surface area (Å²) in [5, 5.41) is 9.42. The number of halogens is 2. The molecule has 2 aromatic heterocycles. The first-order valence-corrected chi connectivity index (χ1v) is 7.01. The Kier molecular flexibility index (Phi) is 4.01. The molecule has 0 aliphatic rings. The monoisotopic (exact) mass is 316 g/mol. The van der Waals surface area contributed by atoms with E-state index in [4.69, 9.17) is 0 Å². The van der Waals surface area contributed by atoms with Gasteiger partial charge in [0.1, 0.15) is 0 Å². The molecule has 0 saturated carbocycles. The Morgan fingerprint density at radius 1 is 1.30 bits per heavy atom. The SMILES string of the molecule is Cc1[nH]nc(C(F)F)c1NC(=O)Cc1cccc2cccnc12. The minimum atomic E-state index is -2.76. The van der Waals surface area contributed by atoms with Crippen molar-refractivity contribution in [3.8, 4) is 0 Å². The topological polar surface area (TPSA) is 70.7 Å². The van der Waals surface area contributed by atoms with Gasteiger partial charge in [0.2, 0.25) is 5.91 Å². The highest BCUT2D eigenvalue weighted by atomic mass is 19.3. The van der Waals surface area contributed by atoms with E-state index in [1.807, 2.05) is 24.3 Å². The molecule has 0 spiro atoms. The molecular formula is C16H14F2N4O. The number of nitrogens with one attached hydrogen (secondary N) is 2. The number of H-pyrrole nitrogens is 1. The van der Waals surface area contributed by atoms with Gasteiger partial charge in [0.25, 0.3) is 6.43 Å². The molecule has 7 heteroatoms. The van der Waals surface area contributed by atoms with Gasteiger partial charge < -0.3 is 5.32 Å². The molecule has 0 unspecified atom stereocenters. The van der Waals surface area contributed by atoms with E-state index < -0.39 is 18.0 Å². The Morgan fingerprint density at radius 3 is 2.87 bits per heavy atom. The van der Waals surface area contributed by atoms with Crippen molar-refractivity contribution in [3.05, 3.63) is 53.5 Å². The summed E-state index contributed by atoms with van der Waals surface area (Å²) in [5.74, 6) is -0.394. The molecule has 23 heavy (non-hydrogen) atoms. The van der Waals surface area contributed by atoms with Gasteiger partial charge in [-0.15, -0.1) is 0 Å². The molecule has 118 valence electrons. The fourth-order valence-electron chi connectivity index (χ4n) is 2.43. The van der Waals surface area contributed by atoms with Crippen molar-refractivity contribution in [1.82, 2.24) is 15.2 Å². The summed E-state index contributed by atoms with van der Waals surface area (Å²) in [6.45, 7) is 1.58. The number of carbonyl (C=O) groups is 1. The standard InChI is InChI=1S/C16H14F2N4O/c1-9-13(15(16(17)18)22-21-9)20-12(23)8-11-5-2-4-10-6-3-7-19-14(10)11/h2-7,16H,8H2,1H3,(H,20,23)(H,21,22). The van der Waals surface area contributed by atoms with Crippen molar-refractivity contribution in [2.24, 2.45) is 0 Å². The number of rotatable bonds is 4. The van der Waals surface area contributed by atoms with E-state index in [2.05, 4.69) is 20.5 Å². The van der Waals surface area contributed by atoms with E-state index in [1.165, 1.54) is 0 Å². The second-order valence-corrected chi connectivity index (χ2v) is 5.13. The van der Waals surface area contributed by atoms with Gasteiger partial charge in [-0.3, -0.25) is 14.9 Å². The molecule has 0 bridgehead atoms. The second kappa shape index (κ2) is 6.12. The molecular weight excluding hydrogens is 302 g/mol. The van der Waals surface area contributed by atoms with Crippen molar-refractivity contribution < 1.29 is 13.6 Å². The third-order valence-corrected chi connectivity index (χ3v) is 3.51. The molecule has 0 aliphatic heterocycles. The minimum absolute atomic E-state index is 0.0400. The summed E-state index contributed by atoms with van der Waals surface area (Å²) in [6, 6.07) is 9.25. The van der Waals surface area contributed by atoms with Crippen molar-refractivity contribution >= 4 is 22.5 Å². The predicted octanol–water partition coefficient (Wildman–Crippen LogP) is 3.39. The lowest BCUT2D eigenvalue weighted by Crippen LogP contribution is -2.16. The summed E-state index contributed by atoms with van der Waals surface area (Å²) in [6.07, 6.45) is -1.06. The van der Waals surface area contributed by atoms with E-state index in [0.717, 1.165) is 16.5 Å². The van der Waals surface area contributed by atoms with Crippen molar-refractivity contribution in [2.45, 2.75) is 19.8 Å². The van der Waals surface area contributed by atoms with Crippen LogP contribution in [-0.2, 0) is 11.2 Å². The maximum absolute atomic E-state index is 12.9. The quantitative estimate of drug-likeness (QED) is 0.775. The van der Waals surface area contributed by atoms with Crippen LogP contribution in [0.3, 0.4) is 0 Å². The molecule has 2 heterocycles. The average molecular weight is 316 g/mol. The Balaban J connectivity index is 1.84. The van der Waals surface area contributed by atoms with E-state index in [0.29, 0.717) is 5.69 Å². The number of carbonyl (C=O) groups excluding carboxylic acids is 1. The van der Waals surface area contributed by atoms with Gasteiger partial charge in [0.05, 0.1) is 23.3 Å². The smallest absolute Gasteiger partial charge is 0.284 e. The minimum Gasteiger partial charge on any atom is -0.323 e. The average Bonchev–Trinajstić information content (AvgIpc) is 2.89. The number of pyridine rings is 1. The zero-order chi connectivity index (χ0) is 16.4. The number of aromatic amines is 1. The fourth-order valence-corrected chi connectivity index (χ4v) is 2.43. The maximum atomic E-state index is 12.9. The summed E-state index contributed by atoms with van der Waals surface area (Å²) >= 11 is 0. The third kappa shape index (κ3) is 3.03. The summed E-state index contributed by atoms with van der Waals surface area (Å²) in [7, 11) is 0. The van der Waals surface area contributed by atoms with Crippen LogP contribution in [0.15, 0.2) is 36.5 Å². The highest BCUT2D eigenvalue weighted by molar-refractivity contribution is 5.96. The number of alkyl halides is 2. The number of anilines is 1. The molecule has 0 radical (unpaired) electrons. The van der Waals surface area contributed by atoms with Crippen LogP contribution in [0.4, 0.5) is 14.5 Å². The van der Waals surface area contributed by atoms with Crippen LogP contribution < -0.4 is 5.32 Å². The van der Waals surface area contributed by atoms with Gasteiger partial charge in [-0.25, -0.2) is 8.78 Å². The van der Waals surface area contributed by atoms with Crippen LogP contribution in [0.1, 0.15) is 23.4 Å². The molecule has 3 aromatic rings. The number of aromatic nitrogens is 3. The number of aryl methyl sites for hydroxylation is 1. The largest absolute Gasteiger partial charge is 0.323 e. The molecule has 1 aromatic carbocycles. The highest BCUT2D eigenvalue weighted by Gasteiger charge is 2.21. The first kappa shape index (κ1) is 15.1. The van der Waals surface area contributed by atoms with Gasteiger partial charge in [-0.05, 0) is 18.6 Å². The van der Waals surface area contributed by atoms with E-state index in [1.54, 1.807) is 19.2 Å². The van der Waals surface area contributed by atoms with Crippen LogP contribution in [0.25, 0.3) is 10.9 Å². The number of fused-ring (bicyclic) bond motifs is 1. The zero-order valence-corrected chi connectivity index (χ0v) is 12.3. The number of hydrogen-bond acceptors (Lipinski definition) is 3. The Labute approximate surface area is 130 Å². The second-order valence-electron chi connectivity index (χ2n) is 5.13. The van der Waals surface area contributed by atoms with Crippen LogP contribution in [0.5, 0.6) is 0 Å². The number of hydrogen-bond donors (Lipinski definition) is 2. The Hall–Kier alpha value is -2.83. The predicted molar refractivity (Wildman–Crippen MR) is 82.4 cm³/mol. The van der Waals surface area contributed by atoms with Gasteiger partial charge >= 0.3 is 0 Å². The first-order chi connectivity index (χ1) is 11.1. The Morgan fingerprint density at radius 2 is 2.09 bits per heavy atom. The number of amides is 1. The van der Waals surface area contributed by atoms with Gasteiger partial charge in [0.15, 0.2) is 5.69 Å². The third-order valence-electron chi connectivity index (χ3n) is 3.51. The van der Waals surface area contributed by atoms with Crippen LogP contribution in [0, 0.1) is 6.92 Å². The van der Waals surface area contributed by atoms with Gasteiger partial charge in [-0.1, -0.05) is 24.3 Å². The van der Waals surface area contributed by atoms with Gasteiger partial charge in [0, 0.05) is 11.6 Å². The number of benzene rings is 1. The van der Waals surface area contributed by atoms with Crippen LogP contribution >= 0.6 is 0 Å². The van der Waals surface area contributed by atoms with Gasteiger partial charge in [-0.2, -0.15) is 5.10 Å². The van der Waals surface area contributed by atoms with Crippen molar-refractivity contribution in [1.29, 1.82) is 0 Å². The molecule has 2 N–H and O–H groups in total. The van der Waals surface area contributed by atoms with E-state index in [-0.39, 0.29) is 12.1 Å². The maximum Gasteiger partial charge on any atom is 0.284 e. The zero-order valence-electron chi connectivity index (χ0n) is 12.3. The molecule has 1 amide bonds. The molecule has 0 saturated heterocycles. The lowest BCUT2D eigenvalue weighted by molar-refractivity contribution is -0.115. The van der Waals surface area contributed by atoms with Crippen molar-refractivity contribution in [3.63, 3.8) is 0 Å². The van der Waals surface area contributed by atoms with Crippen LogP contribution in [0.2, 0.25) is 0 Å². The number of nitrogens with zero attached hydrogens (tertiary/aromatic N) is 2. The summed E-state index contributed by atoms with van der Waals surface area (Å²) in [5.41, 5.74) is 1.44. The first-order valence-electron chi connectivity index (χ1n) is 7.01. The normalized spacial score (nSPS) is 11.1. The lowest BCUT2D eigenvalue weighted by Gasteiger charge is -2.08. The van der Waals surface area contributed by atoms with Crippen molar-refractivity contribution in [2.75, 3.05) is 5.32 Å². The van der Waals surface area contributed by atoms with Crippen LogP contribution in [-0.4, -0.2) is 21.1 Å². The number of para-hydroxylation sites is 1. The van der Waals surface area contributed by atoms with E-state index >= 15 is 0 Å². The molecule has 0 aliphatic carbocycles. The fraction of sp³-hybridized carbons (Fsp3) is 0.188. The lowest BCUT2D eigenvalue weighted by atomic mass is 10.1. The molecule has 5 nitrogen and oxygen atoms in total. The summed E-state index contributed by atoms with van der Waals surface area (Å²) < 4.78 is 25.8. The molecule has 0 atom stereocenters. The molecule has 0 fully saturated rings. The van der Waals surface area contributed by atoms with E-state index in [9.17, 15) is 13.6 Å². The Bertz CT molecular complexity index is 855. The summed E-state index contributed by atoms with van der Waals surface area (Å²) in [4.78, 5) is 16.5. The molecule has 3 rings (SSSR count). The highest BCUT2D eigenvalue weighted by Crippen LogP contribution is 2.27.